The third-order valence-corrected chi connectivity index (χ3v) is 8.66. The molecule has 3 aromatic carbocycles. The van der Waals surface area contributed by atoms with Crippen LogP contribution in [0.25, 0.3) is 0 Å². The first kappa shape index (κ1) is 35.1. The van der Waals surface area contributed by atoms with E-state index in [2.05, 4.69) is 16.7 Å². The molecule has 2 amide bonds. The second-order valence-electron chi connectivity index (χ2n) is 12.8. The van der Waals surface area contributed by atoms with Gasteiger partial charge in [0.05, 0.1) is 36.0 Å². The van der Waals surface area contributed by atoms with E-state index in [1.54, 1.807) is 13.8 Å². The Morgan fingerprint density at radius 1 is 1.15 bits per heavy atom. The number of benzene rings is 3. The summed E-state index contributed by atoms with van der Waals surface area (Å²) in [5.41, 5.74) is -2.01. The smallest absolute Gasteiger partial charge is 0.277 e. The van der Waals surface area contributed by atoms with Crippen LogP contribution < -0.4 is 15.4 Å². The van der Waals surface area contributed by atoms with Crippen LogP contribution in [0.4, 0.5) is 14.5 Å². The van der Waals surface area contributed by atoms with Crippen LogP contribution in [-0.4, -0.2) is 47.3 Å². The molecule has 0 radical (unpaired) electrons. The zero-order chi connectivity index (χ0) is 34.1. The van der Waals surface area contributed by atoms with Gasteiger partial charge in [-0.3, -0.25) is 14.8 Å². The third kappa shape index (κ3) is 6.69. The van der Waals surface area contributed by atoms with Crippen LogP contribution in [0.1, 0.15) is 68.4 Å². The molecule has 0 bridgehead atoms. The molecule has 12 heteroatoms. The first-order chi connectivity index (χ1) is 21.5. The zero-order valence-corrected chi connectivity index (χ0v) is 27.8. The Kier molecular flexibility index (Phi) is 10.3. The van der Waals surface area contributed by atoms with Gasteiger partial charge < -0.3 is 15.4 Å². The monoisotopic (exact) mass is 672 g/mol. The Morgan fingerprint density at radius 3 is 2.43 bits per heavy atom. The molecular formula is C34H36Cl2F2N4O4. The van der Waals surface area contributed by atoms with E-state index in [1.807, 2.05) is 20.8 Å². The highest BCUT2D eigenvalue weighted by Gasteiger charge is 2.61. The molecule has 0 aliphatic carbocycles. The molecule has 46 heavy (non-hydrogen) atoms. The zero-order valence-electron chi connectivity index (χ0n) is 26.3. The second-order valence-corrected chi connectivity index (χ2v) is 13.7. The first-order valence-corrected chi connectivity index (χ1v) is 15.4. The van der Waals surface area contributed by atoms with Gasteiger partial charge in [-0.1, -0.05) is 62.2 Å². The van der Waals surface area contributed by atoms with Crippen LogP contribution in [0, 0.1) is 28.4 Å². The molecule has 3 N–H and O–H groups in total. The largest absolute Gasteiger partial charge is 0.495 e. The van der Waals surface area contributed by atoms with Crippen molar-refractivity contribution in [3.05, 3.63) is 93.0 Å². The number of anilines is 1. The van der Waals surface area contributed by atoms with Crippen molar-refractivity contribution in [2.45, 2.75) is 70.5 Å². The Morgan fingerprint density at radius 2 is 1.85 bits per heavy atom. The molecule has 3 aromatic rings. The van der Waals surface area contributed by atoms with E-state index in [9.17, 15) is 20.1 Å². The summed E-state index contributed by atoms with van der Waals surface area (Å²) in [6, 6.07) is 12.2. The Hall–Kier alpha value is -3.75. The molecule has 8 nitrogen and oxygen atoms in total. The first-order valence-electron chi connectivity index (χ1n) is 14.6. The molecule has 0 spiro atoms. The average molecular weight is 674 g/mol. The van der Waals surface area contributed by atoms with E-state index in [0.29, 0.717) is 11.5 Å². The van der Waals surface area contributed by atoms with Crippen LogP contribution >= 0.6 is 23.2 Å². The number of hydrogen-bond acceptors (Lipinski definition) is 6. The molecule has 0 saturated carbocycles. The lowest BCUT2D eigenvalue weighted by atomic mass is 9.62. The molecule has 244 valence electrons. The van der Waals surface area contributed by atoms with Gasteiger partial charge in [-0.25, -0.2) is 13.8 Å². The van der Waals surface area contributed by atoms with Crippen LogP contribution in [-0.2, 0) is 10.2 Å². The SMILES string of the molecule is COc1cc(C(=O)N(O)C(C)C)ccc1NC(=O)[C@@H]1N[C@@H](CC(C)(C)C)[C@](C#N)(c2ccc(Cl)cc2F)[C@H]1c1cccc(Cl)c1F. The molecule has 4 atom stereocenters. The van der Waals surface area contributed by atoms with Crippen molar-refractivity contribution in [3.63, 3.8) is 0 Å². The number of halogens is 4. The van der Waals surface area contributed by atoms with Crippen molar-refractivity contribution in [1.29, 1.82) is 5.26 Å². The normalized spacial score (nSPS) is 21.2. The fraction of sp³-hybridized carbons (Fsp3) is 0.382. The lowest BCUT2D eigenvalue weighted by Gasteiger charge is -2.37. The van der Waals surface area contributed by atoms with E-state index in [-0.39, 0.29) is 38.2 Å². The Bertz CT molecular complexity index is 1690. The predicted octanol–water partition coefficient (Wildman–Crippen LogP) is 7.48. The minimum absolute atomic E-state index is 0.0417. The maximum absolute atomic E-state index is 15.9. The van der Waals surface area contributed by atoms with Crippen LogP contribution in [0.3, 0.4) is 0 Å². The van der Waals surface area contributed by atoms with Crippen LogP contribution in [0.15, 0.2) is 54.6 Å². The number of ether oxygens (including phenoxy) is 1. The van der Waals surface area contributed by atoms with Crippen molar-refractivity contribution in [2.75, 3.05) is 12.4 Å². The highest BCUT2D eigenvalue weighted by molar-refractivity contribution is 6.31. The summed E-state index contributed by atoms with van der Waals surface area (Å²) in [5.74, 6) is -4.10. The molecule has 0 aromatic heterocycles. The minimum Gasteiger partial charge on any atom is -0.495 e. The minimum atomic E-state index is -1.79. The van der Waals surface area contributed by atoms with Crippen molar-refractivity contribution in [1.82, 2.24) is 10.4 Å². The molecule has 4 rings (SSSR count). The Balaban J connectivity index is 1.89. The number of carbonyl (C=O) groups is 2. The van der Waals surface area contributed by atoms with Gasteiger partial charge >= 0.3 is 0 Å². The summed E-state index contributed by atoms with van der Waals surface area (Å²) >= 11 is 12.3. The maximum atomic E-state index is 15.9. The van der Waals surface area contributed by atoms with Crippen molar-refractivity contribution < 1.29 is 28.3 Å². The van der Waals surface area contributed by atoms with E-state index in [1.165, 1.54) is 55.6 Å². The predicted molar refractivity (Wildman–Crippen MR) is 172 cm³/mol. The van der Waals surface area contributed by atoms with Crippen LogP contribution in [0.5, 0.6) is 5.75 Å². The van der Waals surface area contributed by atoms with E-state index in [0.717, 1.165) is 6.07 Å². The summed E-state index contributed by atoms with van der Waals surface area (Å²) in [4.78, 5) is 26.9. The molecular weight excluding hydrogens is 637 g/mol. The summed E-state index contributed by atoms with van der Waals surface area (Å²) in [5, 5.41) is 27.6. The maximum Gasteiger partial charge on any atom is 0.277 e. The lowest BCUT2D eigenvalue weighted by molar-refractivity contribution is -0.118. The molecule has 1 heterocycles. The Labute approximate surface area is 277 Å². The van der Waals surface area contributed by atoms with Crippen molar-refractivity contribution in [3.8, 4) is 11.8 Å². The van der Waals surface area contributed by atoms with Crippen molar-refractivity contribution in [2.24, 2.45) is 5.41 Å². The summed E-state index contributed by atoms with van der Waals surface area (Å²) in [6.07, 6.45) is 0.304. The number of hydroxylamine groups is 2. The number of rotatable bonds is 8. The fourth-order valence-electron chi connectivity index (χ4n) is 6.06. The molecule has 1 aliphatic rings. The number of hydrogen-bond donors (Lipinski definition) is 3. The highest BCUT2D eigenvalue weighted by Crippen LogP contribution is 2.53. The van der Waals surface area contributed by atoms with E-state index >= 15 is 8.78 Å². The molecule has 1 saturated heterocycles. The number of nitrogens with zero attached hydrogens (tertiary/aromatic N) is 2. The average Bonchev–Trinajstić information content (AvgIpc) is 3.30. The lowest BCUT2D eigenvalue weighted by Crippen LogP contribution is -2.45. The van der Waals surface area contributed by atoms with Gasteiger partial charge in [0.25, 0.3) is 5.91 Å². The summed E-state index contributed by atoms with van der Waals surface area (Å²) in [6.45, 7) is 9.11. The number of nitriles is 1. The van der Waals surface area contributed by atoms with Gasteiger partial charge in [-0.2, -0.15) is 5.26 Å². The third-order valence-electron chi connectivity index (χ3n) is 8.14. The van der Waals surface area contributed by atoms with Gasteiger partial charge in [0.2, 0.25) is 5.91 Å². The van der Waals surface area contributed by atoms with E-state index < -0.39 is 58.3 Å². The van der Waals surface area contributed by atoms with Gasteiger partial charge in [-0.15, -0.1) is 0 Å². The number of nitrogens with one attached hydrogen (secondary N) is 2. The number of methoxy groups -OCH3 is 1. The topological polar surface area (TPSA) is 115 Å². The quantitative estimate of drug-likeness (QED) is 0.169. The molecule has 0 unspecified atom stereocenters. The number of carbonyl (C=O) groups excluding carboxylic acids is 2. The summed E-state index contributed by atoms with van der Waals surface area (Å²) in [7, 11) is 1.35. The standard InChI is InChI=1S/C34H36Cl2F2N4O4/c1-18(2)42(45)32(44)19-10-13-25(26(14-19)46-6)40-31(43)30-28(21-8-7-9-23(36)29(21)38)34(17-39,27(41-30)16-33(3,4)5)22-12-11-20(35)15-24(22)37/h7-15,18,27-28,30,41,45H,16H2,1-6H3,(H,40,43)/t27-,28-,30+,34-/m0/s1. The van der Waals surface area contributed by atoms with E-state index in [4.69, 9.17) is 27.9 Å². The summed E-state index contributed by atoms with van der Waals surface area (Å²) < 4.78 is 37.2. The van der Waals surface area contributed by atoms with Gasteiger partial charge in [0, 0.05) is 28.1 Å². The van der Waals surface area contributed by atoms with Crippen LogP contribution in [0.2, 0.25) is 10.0 Å². The van der Waals surface area contributed by atoms with Gasteiger partial charge in [0.15, 0.2) is 0 Å². The fourth-order valence-corrected chi connectivity index (χ4v) is 6.40. The highest BCUT2D eigenvalue weighted by atomic mass is 35.5. The number of amides is 2. The molecule has 1 fully saturated rings. The van der Waals surface area contributed by atoms with Gasteiger partial charge in [0.1, 0.15) is 22.8 Å². The molecule has 1 aliphatic heterocycles. The van der Waals surface area contributed by atoms with Crippen molar-refractivity contribution >= 4 is 40.7 Å². The second kappa shape index (κ2) is 13.5. The van der Waals surface area contributed by atoms with Gasteiger partial charge in [-0.05, 0) is 67.6 Å².